The molecule has 0 aromatic rings. The van der Waals surface area contributed by atoms with Crippen LogP contribution in [-0.2, 0) is 26.2 Å². The fourth-order valence-electron chi connectivity index (χ4n) is 1.80. The zero-order valence-corrected chi connectivity index (χ0v) is 12.0. The summed E-state index contributed by atoms with van der Waals surface area (Å²) in [6.45, 7) is 4.52. The molecule has 0 bridgehead atoms. The molecule has 0 radical (unpaired) electrons. The Morgan fingerprint density at radius 2 is 1.86 bits per heavy atom. The Bertz CT molecular complexity index is 191. The van der Waals surface area contributed by atoms with E-state index in [9.17, 15) is 0 Å². The molecule has 0 fully saturated rings. The van der Waals surface area contributed by atoms with E-state index in [1.54, 1.807) is 5.57 Å². The van der Waals surface area contributed by atoms with Gasteiger partial charge < -0.3 is 0 Å². The molecule has 0 heterocycles. The minimum absolute atomic E-state index is 0. The van der Waals surface area contributed by atoms with Crippen LogP contribution in [-0.4, -0.2) is 0 Å². The van der Waals surface area contributed by atoms with Crippen LogP contribution in [0.4, 0.5) is 0 Å². The van der Waals surface area contributed by atoms with Gasteiger partial charge in [-0.1, -0.05) is 56.9 Å². The number of allylic oxidation sites excluding steroid dienone is 4. The molecule has 1 heteroatoms. The van der Waals surface area contributed by atoms with Crippen LogP contribution < -0.4 is 0 Å². The minimum Gasteiger partial charge on any atom is -0.0773 e. The summed E-state index contributed by atoms with van der Waals surface area (Å²) in [6.07, 6.45) is 15.1. The van der Waals surface area contributed by atoms with Gasteiger partial charge in [0.15, 0.2) is 0 Å². The van der Waals surface area contributed by atoms with Crippen molar-refractivity contribution in [3.8, 4) is 0 Å². The van der Waals surface area contributed by atoms with Crippen LogP contribution in [0.1, 0.15) is 52.4 Å². The molecule has 0 N–H and O–H groups in total. The Morgan fingerprint density at radius 1 is 1.14 bits per heavy atom. The van der Waals surface area contributed by atoms with E-state index < -0.39 is 0 Å². The second kappa shape index (κ2) is 8.65. The van der Waals surface area contributed by atoms with Gasteiger partial charge in [-0.3, -0.25) is 0 Å². The van der Waals surface area contributed by atoms with Crippen LogP contribution in [0.15, 0.2) is 23.8 Å². The molecule has 1 rings (SSSR count). The third-order valence-electron chi connectivity index (χ3n) is 2.70. The SMILES string of the molecule is CCCCC1=CC(CCCC)C=C1.[Zr]. The molecule has 1 aliphatic carbocycles. The van der Waals surface area contributed by atoms with E-state index in [4.69, 9.17) is 0 Å². The van der Waals surface area contributed by atoms with E-state index in [1.807, 2.05) is 0 Å². The van der Waals surface area contributed by atoms with E-state index in [0.717, 1.165) is 5.92 Å². The molecule has 0 spiro atoms. The number of unbranched alkanes of at least 4 members (excludes halogenated alkanes) is 2. The smallest absolute Gasteiger partial charge is 0 e. The molecule has 1 unspecified atom stereocenters. The molecule has 0 saturated heterocycles. The van der Waals surface area contributed by atoms with Gasteiger partial charge in [-0.25, -0.2) is 0 Å². The Hall–Kier alpha value is 0.363. The van der Waals surface area contributed by atoms with Gasteiger partial charge >= 0.3 is 0 Å². The topological polar surface area (TPSA) is 0 Å². The van der Waals surface area contributed by atoms with Crippen LogP contribution in [0.5, 0.6) is 0 Å². The summed E-state index contributed by atoms with van der Waals surface area (Å²) in [5.74, 6) is 0.756. The summed E-state index contributed by atoms with van der Waals surface area (Å²) in [6, 6.07) is 0. The summed E-state index contributed by atoms with van der Waals surface area (Å²) in [5.41, 5.74) is 1.57. The van der Waals surface area contributed by atoms with Gasteiger partial charge in [-0.2, -0.15) is 0 Å². The molecule has 1 aliphatic rings. The first-order valence-electron chi connectivity index (χ1n) is 5.75. The quantitative estimate of drug-likeness (QED) is 0.667. The Morgan fingerprint density at radius 3 is 2.50 bits per heavy atom. The maximum atomic E-state index is 2.46. The third kappa shape index (κ3) is 5.30. The van der Waals surface area contributed by atoms with Gasteiger partial charge in [0.25, 0.3) is 0 Å². The van der Waals surface area contributed by atoms with Crippen LogP contribution in [0.25, 0.3) is 0 Å². The largest absolute Gasteiger partial charge is 0.0773 e. The first-order valence-corrected chi connectivity index (χ1v) is 5.75. The van der Waals surface area contributed by atoms with Crippen molar-refractivity contribution in [3.63, 3.8) is 0 Å². The normalized spacial score (nSPS) is 19.3. The van der Waals surface area contributed by atoms with Crippen molar-refractivity contribution in [2.24, 2.45) is 5.92 Å². The average Bonchev–Trinajstić information content (AvgIpc) is 2.59. The second-order valence-electron chi connectivity index (χ2n) is 4.01. The van der Waals surface area contributed by atoms with E-state index in [1.165, 1.54) is 38.5 Å². The molecule has 0 saturated carbocycles. The maximum Gasteiger partial charge on any atom is 0 e. The van der Waals surface area contributed by atoms with Crippen molar-refractivity contribution in [1.29, 1.82) is 0 Å². The van der Waals surface area contributed by atoms with Crippen LogP contribution in [0.3, 0.4) is 0 Å². The first kappa shape index (κ1) is 14.4. The van der Waals surface area contributed by atoms with Gasteiger partial charge in [0, 0.05) is 26.2 Å². The molecule has 0 nitrogen and oxygen atoms in total. The molecule has 0 aromatic heterocycles. The van der Waals surface area contributed by atoms with Gasteiger partial charge in [0.1, 0.15) is 0 Å². The van der Waals surface area contributed by atoms with Crippen LogP contribution >= 0.6 is 0 Å². The molecular formula is C13H22Zr. The van der Waals surface area contributed by atoms with Crippen LogP contribution in [0, 0.1) is 5.92 Å². The second-order valence-corrected chi connectivity index (χ2v) is 4.01. The van der Waals surface area contributed by atoms with Crippen molar-refractivity contribution in [2.75, 3.05) is 0 Å². The van der Waals surface area contributed by atoms with Gasteiger partial charge in [0.2, 0.25) is 0 Å². The predicted molar refractivity (Wildman–Crippen MR) is 59.8 cm³/mol. The molecule has 0 aliphatic heterocycles. The van der Waals surface area contributed by atoms with E-state index >= 15 is 0 Å². The maximum absolute atomic E-state index is 2.46. The zero-order chi connectivity index (χ0) is 9.52. The Labute approximate surface area is 108 Å². The number of hydrogen-bond donors (Lipinski definition) is 0. The van der Waals surface area contributed by atoms with E-state index in [-0.39, 0.29) is 26.2 Å². The van der Waals surface area contributed by atoms with Crippen molar-refractivity contribution in [1.82, 2.24) is 0 Å². The van der Waals surface area contributed by atoms with Crippen molar-refractivity contribution in [2.45, 2.75) is 52.4 Å². The molecule has 1 atom stereocenters. The first-order chi connectivity index (χ1) is 6.36. The summed E-state index contributed by atoms with van der Waals surface area (Å²) in [4.78, 5) is 0. The van der Waals surface area contributed by atoms with E-state index in [2.05, 4.69) is 32.1 Å². The van der Waals surface area contributed by atoms with Crippen molar-refractivity contribution >= 4 is 0 Å². The van der Waals surface area contributed by atoms with Gasteiger partial charge in [-0.05, 0) is 25.2 Å². The standard InChI is InChI=1S/C13H22.Zr/c1-3-5-7-12-9-10-13(11-12)8-6-4-2;/h9-12H,3-8H2,1-2H3;. The zero-order valence-electron chi connectivity index (χ0n) is 9.55. The summed E-state index contributed by atoms with van der Waals surface area (Å²) in [5, 5.41) is 0. The minimum atomic E-state index is 0. The van der Waals surface area contributed by atoms with Gasteiger partial charge in [0.05, 0.1) is 0 Å². The van der Waals surface area contributed by atoms with E-state index in [0.29, 0.717) is 0 Å². The summed E-state index contributed by atoms with van der Waals surface area (Å²) in [7, 11) is 0. The molecule has 0 amide bonds. The van der Waals surface area contributed by atoms with Crippen molar-refractivity contribution in [3.05, 3.63) is 23.8 Å². The monoisotopic (exact) mass is 268 g/mol. The fourth-order valence-corrected chi connectivity index (χ4v) is 1.80. The molecular weight excluding hydrogens is 247 g/mol. The number of hydrogen-bond acceptors (Lipinski definition) is 0. The van der Waals surface area contributed by atoms with Crippen LogP contribution in [0.2, 0.25) is 0 Å². The number of rotatable bonds is 6. The van der Waals surface area contributed by atoms with Gasteiger partial charge in [-0.15, -0.1) is 0 Å². The molecule has 0 aromatic carbocycles. The van der Waals surface area contributed by atoms with Crippen molar-refractivity contribution < 1.29 is 26.2 Å². The third-order valence-corrected chi connectivity index (χ3v) is 2.70. The molecule has 14 heavy (non-hydrogen) atoms. The fraction of sp³-hybridized carbons (Fsp3) is 0.692. The summed E-state index contributed by atoms with van der Waals surface area (Å²) >= 11 is 0. The molecule has 78 valence electrons. The summed E-state index contributed by atoms with van der Waals surface area (Å²) < 4.78 is 0. The predicted octanol–water partition coefficient (Wildman–Crippen LogP) is 4.48. The Kier molecular flexibility index (Phi) is 8.88. The Balaban J connectivity index is 0.00000169. The average molecular weight is 270 g/mol.